The zero-order chi connectivity index (χ0) is 10.7. The molecule has 0 saturated carbocycles. The largest absolute Gasteiger partial charge is 0.339 e. The minimum Gasteiger partial charge on any atom is -0.339 e. The first-order valence-electron chi connectivity index (χ1n) is 4.67. The number of rotatable bonds is 2. The maximum absolute atomic E-state index is 11.1. The van der Waals surface area contributed by atoms with Crippen molar-refractivity contribution >= 4 is 23.0 Å². The standard InChI is InChI=1S/C9H11N3O2S/c13-7-8-5-10-9(11-6-8)12-1-3-15(14)4-2-12/h5-7H,1-4H2. The molecule has 0 amide bonds. The monoisotopic (exact) mass is 225 g/mol. The number of nitrogens with zero attached hydrogens (tertiary/aromatic N) is 3. The van der Waals surface area contributed by atoms with Gasteiger partial charge in [-0.15, -0.1) is 0 Å². The van der Waals surface area contributed by atoms with Crippen molar-refractivity contribution in [2.24, 2.45) is 0 Å². The lowest BCUT2D eigenvalue weighted by molar-refractivity contribution is 0.112. The van der Waals surface area contributed by atoms with E-state index in [4.69, 9.17) is 0 Å². The minimum atomic E-state index is -0.694. The Bertz CT molecular complexity index is 369. The maximum atomic E-state index is 11.1. The predicted octanol–water partition coefficient (Wildman–Crippen LogP) is -0.142. The first kappa shape index (κ1) is 10.2. The molecular formula is C9H11N3O2S. The lowest BCUT2D eigenvalue weighted by atomic mass is 10.4. The normalized spacial score (nSPS) is 17.7. The smallest absolute Gasteiger partial charge is 0.225 e. The van der Waals surface area contributed by atoms with Crippen LogP contribution in [0.1, 0.15) is 10.4 Å². The average Bonchev–Trinajstić information content (AvgIpc) is 2.30. The Hall–Kier alpha value is -1.30. The van der Waals surface area contributed by atoms with Gasteiger partial charge in [-0.3, -0.25) is 9.00 Å². The van der Waals surface area contributed by atoms with Gasteiger partial charge >= 0.3 is 0 Å². The summed E-state index contributed by atoms with van der Waals surface area (Å²) in [6, 6.07) is 0. The van der Waals surface area contributed by atoms with Gasteiger partial charge in [0, 0.05) is 47.8 Å². The van der Waals surface area contributed by atoms with Gasteiger partial charge in [-0.05, 0) is 0 Å². The third kappa shape index (κ3) is 2.38. The van der Waals surface area contributed by atoms with Gasteiger partial charge in [-0.2, -0.15) is 0 Å². The van der Waals surface area contributed by atoms with Gasteiger partial charge in [-0.1, -0.05) is 0 Å². The molecule has 1 saturated heterocycles. The molecule has 1 aliphatic rings. The molecule has 15 heavy (non-hydrogen) atoms. The average molecular weight is 225 g/mol. The molecule has 0 spiro atoms. The maximum Gasteiger partial charge on any atom is 0.225 e. The number of hydrogen-bond acceptors (Lipinski definition) is 5. The second kappa shape index (κ2) is 4.48. The third-order valence-electron chi connectivity index (χ3n) is 2.25. The van der Waals surface area contributed by atoms with E-state index in [0.29, 0.717) is 36.1 Å². The number of anilines is 1. The van der Waals surface area contributed by atoms with Crippen molar-refractivity contribution in [3.63, 3.8) is 0 Å². The van der Waals surface area contributed by atoms with Crippen molar-refractivity contribution in [1.82, 2.24) is 9.97 Å². The lowest BCUT2D eigenvalue weighted by Crippen LogP contribution is -2.38. The summed E-state index contributed by atoms with van der Waals surface area (Å²) in [4.78, 5) is 20.6. The molecule has 0 aromatic carbocycles. The molecule has 0 aliphatic carbocycles. The molecule has 80 valence electrons. The van der Waals surface area contributed by atoms with E-state index in [1.54, 1.807) is 0 Å². The van der Waals surface area contributed by atoms with E-state index in [0.717, 1.165) is 6.29 Å². The molecule has 2 rings (SSSR count). The number of aldehydes is 1. The molecule has 0 radical (unpaired) electrons. The molecule has 6 heteroatoms. The topological polar surface area (TPSA) is 63.2 Å². The van der Waals surface area contributed by atoms with Crippen LogP contribution in [0.25, 0.3) is 0 Å². The van der Waals surface area contributed by atoms with Gasteiger partial charge in [0.1, 0.15) is 0 Å². The van der Waals surface area contributed by atoms with Crippen LogP contribution in [-0.4, -0.2) is 45.1 Å². The molecule has 0 bridgehead atoms. The fourth-order valence-corrected chi connectivity index (χ4v) is 2.45. The van der Waals surface area contributed by atoms with E-state index in [1.807, 2.05) is 4.90 Å². The molecule has 1 aromatic heterocycles. The Labute approximate surface area is 90.0 Å². The van der Waals surface area contributed by atoms with Crippen molar-refractivity contribution in [2.75, 3.05) is 29.5 Å². The molecule has 0 unspecified atom stereocenters. The highest BCUT2D eigenvalue weighted by atomic mass is 32.2. The van der Waals surface area contributed by atoms with Gasteiger partial charge in [0.15, 0.2) is 6.29 Å². The zero-order valence-corrected chi connectivity index (χ0v) is 8.94. The highest BCUT2D eigenvalue weighted by Crippen LogP contribution is 2.09. The van der Waals surface area contributed by atoms with Crippen LogP contribution in [0.15, 0.2) is 12.4 Å². The van der Waals surface area contributed by atoms with E-state index in [-0.39, 0.29) is 0 Å². The molecule has 1 fully saturated rings. The Kier molecular flexibility index (Phi) is 3.05. The van der Waals surface area contributed by atoms with E-state index >= 15 is 0 Å². The summed E-state index contributed by atoms with van der Waals surface area (Å²) in [6.45, 7) is 1.43. The van der Waals surface area contributed by atoms with Crippen LogP contribution in [0.2, 0.25) is 0 Å². The van der Waals surface area contributed by atoms with Crippen LogP contribution < -0.4 is 4.90 Å². The summed E-state index contributed by atoms with van der Waals surface area (Å²) in [6.07, 6.45) is 3.72. The van der Waals surface area contributed by atoms with Gasteiger partial charge < -0.3 is 4.90 Å². The van der Waals surface area contributed by atoms with Crippen molar-refractivity contribution in [2.45, 2.75) is 0 Å². The Morgan fingerprint density at radius 3 is 2.40 bits per heavy atom. The van der Waals surface area contributed by atoms with Crippen LogP contribution >= 0.6 is 0 Å². The Morgan fingerprint density at radius 2 is 1.87 bits per heavy atom. The molecule has 0 N–H and O–H groups in total. The number of aromatic nitrogens is 2. The summed E-state index contributed by atoms with van der Waals surface area (Å²) in [7, 11) is -0.694. The molecule has 1 aromatic rings. The summed E-state index contributed by atoms with van der Waals surface area (Å²) in [5.74, 6) is 1.94. The van der Waals surface area contributed by atoms with Crippen LogP contribution in [0.5, 0.6) is 0 Å². The molecule has 5 nitrogen and oxygen atoms in total. The van der Waals surface area contributed by atoms with E-state index in [2.05, 4.69) is 9.97 Å². The van der Waals surface area contributed by atoms with Crippen LogP contribution in [0, 0.1) is 0 Å². The number of hydrogen-bond donors (Lipinski definition) is 0. The first-order chi connectivity index (χ1) is 7.29. The van der Waals surface area contributed by atoms with Crippen molar-refractivity contribution in [3.05, 3.63) is 18.0 Å². The predicted molar refractivity (Wildman–Crippen MR) is 57.5 cm³/mol. The van der Waals surface area contributed by atoms with Crippen LogP contribution in [0.4, 0.5) is 5.95 Å². The van der Waals surface area contributed by atoms with E-state index in [1.165, 1.54) is 12.4 Å². The number of carbonyl (C=O) groups is 1. The SMILES string of the molecule is O=Cc1cnc(N2CCS(=O)CC2)nc1. The van der Waals surface area contributed by atoms with Crippen LogP contribution in [-0.2, 0) is 10.8 Å². The minimum absolute atomic E-state index is 0.472. The Balaban J connectivity index is 2.09. The van der Waals surface area contributed by atoms with Crippen LogP contribution in [0.3, 0.4) is 0 Å². The lowest BCUT2D eigenvalue weighted by Gasteiger charge is -2.25. The summed E-state index contributed by atoms with van der Waals surface area (Å²) < 4.78 is 11.1. The summed E-state index contributed by atoms with van der Waals surface area (Å²) in [5.41, 5.74) is 0.472. The molecule has 1 aliphatic heterocycles. The molecule has 2 heterocycles. The van der Waals surface area contributed by atoms with Crippen molar-refractivity contribution in [3.8, 4) is 0 Å². The number of carbonyl (C=O) groups excluding carboxylic acids is 1. The van der Waals surface area contributed by atoms with Crippen molar-refractivity contribution in [1.29, 1.82) is 0 Å². The summed E-state index contributed by atoms with van der Waals surface area (Å²) in [5, 5.41) is 0. The third-order valence-corrected chi connectivity index (χ3v) is 3.53. The van der Waals surface area contributed by atoms with Gasteiger partial charge in [0.25, 0.3) is 0 Å². The Morgan fingerprint density at radius 1 is 1.27 bits per heavy atom. The fourth-order valence-electron chi connectivity index (χ4n) is 1.39. The van der Waals surface area contributed by atoms with Gasteiger partial charge in [0.2, 0.25) is 5.95 Å². The van der Waals surface area contributed by atoms with Gasteiger partial charge in [0.05, 0.1) is 5.56 Å². The van der Waals surface area contributed by atoms with Crippen molar-refractivity contribution < 1.29 is 9.00 Å². The highest BCUT2D eigenvalue weighted by molar-refractivity contribution is 7.85. The van der Waals surface area contributed by atoms with E-state index in [9.17, 15) is 9.00 Å². The second-order valence-corrected chi connectivity index (χ2v) is 4.97. The second-order valence-electron chi connectivity index (χ2n) is 3.27. The quantitative estimate of drug-likeness (QED) is 0.655. The summed E-state index contributed by atoms with van der Waals surface area (Å²) >= 11 is 0. The zero-order valence-electron chi connectivity index (χ0n) is 8.13. The fraction of sp³-hybridized carbons (Fsp3) is 0.444. The highest BCUT2D eigenvalue weighted by Gasteiger charge is 2.17. The van der Waals surface area contributed by atoms with Gasteiger partial charge in [-0.25, -0.2) is 9.97 Å². The first-order valence-corrected chi connectivity index (χ1v) is 6.15. The molecular weight excluding hydrogens is 214 g/mol. The molecule has 0 atom stereocenters. The van der Waals surface area contributed by atoms with E-state index < -0.39 is 10.8 Å².